The van der Waals surface area contributed by atoms with E-state index in [0.717, 1.165) is 5.56 Å². The lowest BCUT2D eigenvalue weighted by atomic mass is 10.1. The fourth-order valence-corrected chi connectivity index (χ4v) is 2.24. The number of carbonyl (C=O) groups is 1. The van der Waals surface area contributed by atoms with Crippen LogP contribution in [0.1, 0.15) is 21.7 Å². The third-order valence-corrected chi connectivity index (χ3v) is 3.41. The molecule has 114 valence electrons. The predicted molar refractivity (Wildman–Crippen MR) is 89.2 cm³/mol. The van der Waals surface area contributed by atoms with Gasteiger partial charge in [-0.05, 0) is 29.8 Å². The molecule has 4 nitrogen and oxygen atoms in total. The average molecular weight is 306 g/mol. The van der Waals surface area contributed by atoms with E-state index in [4.69, 9.17) is 4.42 Å². The summed E-state index contributed by atoms with van der Waals surface area (Å²) in [5, 5.41) is 0.352. The van der Waals surface area contributed by atoms with Crippen LogP contribution in [0.3, 0.4) is 0 Å². The van der Waals surface area contributed by atoms with Gasteiger partial charge in [-0.3, -0.25) is 4.79 Å². The van der Waals surface area contributed by atoms with E-state index in [1.54, 1.807) is 18.2 Å². The first kappa shape index (κ1) is 14.8. The third kappa shape index (κ3) is 3.21. The zero-order chi connectivity index (χ0) is 16.2. The molecule has 1 aromatic heterocycles. The van der Waals surface area contributed by atoms with Crippen LogP contribution in [0.15, 0.2) is 63.8 Å². The second kappa shape index (κ2) is 6.32. The van der Waals surface area contributed by atoms with Gasteiger partial charge in [-0.2, -0.15) is 0 Å². The molecule has 0 fully saturated rings. The molecule has 23 heavy (non-hydrogen) atoms. The lowest BCUT2D eigenvalue weighted by molar-refractivity contribution is 0.0601. The van der Waals surface area contributed by atoms with E-state index in [2.05, 4.69) is 4.74 Å². The molecule has 0 aliphatic carbocycles. The summed E-state index contributed by atoms with van der Waals surface area (Å²) in [6, 6.07) is 15.8. The van der Waals surface area contributed by atoms with Crippen molar-refractivity contribution in [3.63, 3.8) is 0 Å². The maximum atomic E-state index is 12.2. The van der Waals surface area contributed by atoms with E-state index in [0.29, 0.717) is 22.3 Å². The second-order valence-electron chi connectivity index (χ2n) is 4.96. The number of benzene rings is 2. The highest BCUT2D eigenvalue weighted by molar-refractivity contribution is 5.94. The first-order valence-electron chi connectivity index (χ1n) is 7.07. The van der Waals surface area contributed by atoms with Gasteiger partial charge in [-0.1, -0.05) is 36.4 Å². The number of methoxy groups -OCH3 is 1. The topological polar surface area (TPSA) is 56.5 Å². The summed E-state index contributed by atoms with van der Waals surface area (Å²) < 4.78 is 10.3. The molecule has 3 aromatic rings. The normalized spacial score (nSPS) is 11.0. The van der Waals surface area contributed by atoms with Crippen LogP contribution >= 0.6 is 0 Å². The Labute approximate surface area is 132 Å². The van der Waals surface area contributed by atoms with Crippen LogP contribution in [-0.2, 0) is 4.74 Å². The van der Waals surface area contributed by atoms with Crippen molar-refractivity contribution in [2.45, 2.75) is 0 Å². The lowest BCUT2D eigenvalue weighted by Gasteiger charge is -2.02. The zero-order valence-corrected chi connectivity index (χ0v) is 12.5. The van der Waals surface area contributed by atoms with Gasteiger partial charge in [0.1, 0.15) is 11.3 Å². The van der Waals surface area contributed by atoms with Crippen molar-refractivity contribution >= 4 is 29.1 Å². The van der Waals surface area contributed by atoms with Gasteiger partial charge in [0.15, 0.2) is 5.43 Å². The highest BCUT2D eigenvalue weighted by atomic mass is 16.5. The molecule has 0 spiro atoms. The Morgan fingerprint density at radius 1 is 1.04 bits per heavy atom. The Morgan fingerprint density at radius 3 is 2.57 bits per heavy atom. The second-order valence-corrected chi connectivity index (χ2v) is 4.96. The average Bonchev–Trinajstić information content (AvgIpc) is 2.60. The van der Waals surface area contributed by atoms with Gasteiger partial charge in [0.05, 0.1) is 18.1 Å². The van der Waals surface area contributed by atoms with E-state index in [1.165, 1.54) is 19.2 Å². The first-order valence-corrected chi connectivity index (χ1v) is 7.07. The number of fused-ring (bicyclic) bond motifs is 1. The minimum absolute atomic E-state index is 0.204. The number of hydrogen-bond acceptors (Lipinski definition) is 4. The molecule has 0 N–H and O–H groups in total. The highest BCUT2D eigenvalue weighted by Gasteiger charge is 2.09. The number of carbonyl (C=O) groups excluding carboxylic acids is 1. The maximum absolute atomic E-state index is 12.2. The smallest absolute Gasteiger partial charge is 0.337 e. The van der Waals surface area contributed by atoms with E-state index in [-0.39, 0.29) is 5.43 Å². The molecule has 1 heterocycles. The van der Waals surface area contributed by atoms with Crippen molar-refractivity contribution in [1.29, 1.82) is 0 Å². The zero-order valence-electron chi connectivity index (χ0n) is 12.5. The molecule has 0 atom stereocenters. The largest absolute Gasteiger partial charge is 0.465 e. The molecule has 0 aliphatic heterocycles. The van der Waals surface area contributed by atoms with Crippen molar-refractivity contribution in [3.8, 4) is 0 Å². The van der Waals surface area contributed by atoms with Crippen molar-refractivity contribution in [1.82, 2.24) is 0 Å². The number of rotatable bonds is 3. The maximum Gasteiger partial charge on any atom is 0.337 e. The van der Waals surface area contributed by atoms with Crippen LogP contribution in [0.4, 0.5) is 0 Å². The Hall–Kier alpha value is -3.14. The van der Waals surface area contributed by atoms with Gasteiger partial charge in [0, 0.05) is 6.07 Å². The lowest BCUT2D eigenvalue weighted by Crippen LogP contribution is -2.05. The summed E-state index contributed by atoms with van der Waals surface area (Å²) in [6.45, 7) is 0. The van der Waals surface area contributed by atoms with Gasteiger partial charge >= 0.3 is 5.97 Å². The molecule has 0 bridgehead atoms. The number of hydrogen-bond donors (Lipinski definition) is 0. The van der Waals surface area contributed by atoms with Crippen LogP contribution in [0.2, 0.25) is 0 Å². The molecule has 0 saturated carbocycles. The summed E-state index contributed by atoms with van der Waals surface area (Å²) in [5.41, 5.74) is 1.55. The van der Waals surface area contributed by atoms with Gasteiger partial charge in [-0.15, -0.1) is 0 Å². The number of esters is 1. The Kier molecular flexibility index (Phi) is 4.06. The fraction of sp³-hybridized carbons (Fsp3) is 0.0526. The summed E-state index contributed by atoms with van der Waals surface area (Å²) in [6.07, 6.45) is 3.61. The third-order valence-electron chi connectivity index (χ3n) is 3.41. The molecule has 3 rings (SSSR count). The first-order chi connectivity index (χ1) is 11.2. The van der Waals surface area contributed by atoms with Gasteiger partial charge < -0.3 is 9.15 Å². The highest BCUT2D eigenvalue weighted by Crippen LogP contribution is 2.17. The Morgan fingerprint density at radius 2 is 1.83 bits per heavy atom. The van der Waals surface area contributed by atoms with E-state index >= 15 is 0 Å². The molecule has 0 aliphatic rings. The van der Waals surface area contributed by atoms with E-state index < -0.39 is 5.97 Å². The Bertz CT molecular complexity index is 936. The molecular formula is C19H14O4. The van der Waals surface area contributed by atoms with Crippen LogP contribution in [0.5, 0.6) is 0 Å². The van der Waals surface area contributed by atoms with Gasteiger partial charge in [0.25, 0.3) is 0 Å². The van der Waals surface area contributed by atoms with E-state index in [9.17, 15) is 9.59 Å². The summed E-state index contributed by atoms with van der Waals surface area (Å²) in [4.78, 5) is 23.8. The van der Waals surface area contributed by atoms with Crippen molar-refractivity contribution in [3.05, 3.63) is 81.7 Å². The van der Waals surface area contributed by atoms with Crippen LogP contribution in [0, 0.1) is 0 Å². The van der Waals surface area contributed by atoms with Gasteiger partial charge in [0.2, 0.25) is 0 Å². The minimum atomic E-state index is -0.487. The molecule has 0 unspecified atom stereocenters. The monoisotopic (exact) mass is 306 g/mol. The van der Waals surface area contributed by atoms with E-state index in [1.807, 2.05) is 36.4 Å². The van der Waals surface area contributed by atoms with Crippen LogP contribution in [-0.4, -0.2) is 13.1 Å². The fourth-order valence-electron chi connectivity index (χ4n) is 2.24. The Balaban J connectivity index is 2.00. The molecule has 2 aromatic carbocycles. The van der Waals surface area contributed by atoms with Gasteiger partial charge in [-0.25, -0.2) is 4.79 Å². The summed E-state index contributed by atoms with van der Waals surface area (Å²) in [5.74, 6) is -0.0310. The summed E-state index contributed by atoms with van der Waals surface area (Å²) >= 11 is 0. The molecule has 0 saturated heterocycles. The molecule has 0 amide bonds. The predicted octanol–water partition coefficient (Wildman–Crippen LogP) is 3.75. The summed E-state index contributed by atoms with van der Waals surface area (Å²) in [7, 11) is 1.30. The van der Waals surface area contributed by atoms with Crippen LogP contribution < -0.4 is 5.43 Å². The van der Waals surface area contributed by atoms with Crippen LogP contribution in [0.25, 0.3) is 23.1 Å². The molecular weight excluding hydrogens is 292 g/mol. The SMILES string of the molecule is COC(=O)c1ccc2oc(C=Cc3ccccc3)cc(=O)c2c1. The number of ether oxygens (including phenoxy) is 1. The molecule has 4 heteroatoms. The quantitative estimate of drug-likeness (QED) is 0.692. The minimum Gasteiger partial charge on any atom is -0.465 e. The molecule has 0 radical (unpaired) electrons. The standard InChI is InChI=1S/C19H14O4/c1-22-19(21)14-8-10-18-16(11-14)17(20)12-15(23-18)9-7-13-5-3-2-4-6-13/h2-12H,1H3. The van der Waals surface area contributed by atoms with Crippen molar-refractivity contribution < 1.29 is 13.9 Å². The van der Waals surface area contributed by atoms with Crippen molar-refractivity contribution in [2.24, 2.45) is 0 Å². The van der Waals surface area contributed by atoms with Crippen molar-refractivity contribution in [2.75, 3.05) is 7.11 Å².